The lowest BCUT2D eigenvalue weighted by Crippen LogP contribution is -1.94. The zero-order valence-electron chi connectivity index (χ0n) is 34.0. The van der Waals surface area contributed by atoms with Crippen LogP contribution in [0, 0.1) is 0 Å². The maximum absolute atomic E-state index is 2.38. The molecule has 62 heavy (non-hydrogen) atoms. The summed E-state index contributed by atoms with van der Waals surface area (Å²) in [5.41, 5.74) is 19.0. The van der Waals surface area contributed by atoms with Crippen LogP contribution in [-0.2, 0) is 0 Å². The van der Waals surface area contributed by atoms with E-state index in [-0.39, 0.29) is 0 Å². The van der Waals surface area contributed by atoms with Gasteiger partial charge in [-0.25, -0.2) is 0 Å². The topological polar surface area (TPSA) is 9.86 Å². The monoisotopic (exact) mass is 788 g/mol. The number of benzene rings is 10. The SMILES string of the molecule is c1ccc(-c2cc(-c3ccc(-n4c5ccccc5c5ccccc54)cc3)cc(-c3cc(-c4ccccc4)cc(-c4ccc(-n5c6ccccc6c6ccccc65)cc4)c3)c2)cc1. The molecule has 12 rings (SSSR count). The number of aromatic nitrogens is 2. The molecule has 0 aliphatic rings. The second kappa shape index (κ2) is 14.8. The molecule has 2 heterocycles. The number of para-hydroxylation sites is 4. The van der Waals surface area contributed by atoms with Crippen LogP contribution in [0.3, 0.4) is 0 Å². The van der Waals surface area contributed by atoms with E-state index in [2.05, 4.69) is 252 Å². The quantitative estimate of drug-likeness (QED) is 0.152. The first-order chi connectivity index (χ1) is 30.7. The van der Waals surface area contributed by atoms with Crippen LogP contribution < -0.4 is 0 Å². The fourth-order valence-corrected chi connectivity index (χ4v) is 9.52. The van der Waals surface area contributed by atoms with Gasteiger partial charge in [-0.05, 0) is 141 Å². The zero-order chi connectivity index (χ0) is 41.0. The van der Waals surface area contributed by atoms with E-state index in [9.17, 15) is 0 Å². The Labute approximate surface area is 360 Å². The molecule has 2 heteroatoms. The Kier molecular flexibility index (Phi) is 8.53. The van der Waals surface area contributed by atoms with E-state index in [1.807, 2.05) is 0 Å². The minimum absolute atomic E-state index is 1.15. The molecule has 0 N–H and O–H groups in total. The van der Waals surface area contributed by atoms with Gasteiger partial charge in [0.05, 0.1) is 22.1 Å². The fourth-order valence-electron chi connectivity index (χ4n) is 9.52. The minimum Gasteiger partial charge on any atom is -0.309 e. The van der Waals surface area contributed by atoms with Gasteiger partial charge in [0.15, 0.2) is 0 Å². The van der Waals surface area contributed by atoms with Crippen LogP contribution in [0.4, 0.5) is 0 Å². The third-order valence-corrected chi connectivity index (χ3v) is 12.5. The second-order valence-electron chi connectivity index (χ2n) is 16.2. The summed E-state index contributed by atoms with van der Waals surface area (Å²) in [5.74, 6) is 0. The summed E-state index contributed by atoms with van der Waals surface area (Å²) in [6, 6.07) is 88.5. The summed E-state index contributed by atoms with van der Waals surface area (Å²) in [4.78, 5) is 0. The van der Waals surface area contributed by atoms with Crippen molar-refractivity contribution < 1.29 is 0 Å². The first-order valence-electron chi connectivity index (χ1n) is 21.3. The number of hydrogen-bond acceptors (Lipinski definition) is 0. The Morgan fingerprint density at radius 2 is 0.403 bits per heavy atom. The van der Waals surface area contributed by atoms with Crippen molar-refractivity contribution in [1.29, 1.82) is 0 Å². The van der Waals surface area contributed by atoms with Crippen molar-refractivity contribution in [2.75, 3.05) is 0 Å². The van der Waals surface area contributed by atoms with E-state index < -0.39 is 0 Å². The first kappa shape index (κ1) is 35.7. The first-order valence-corrected chi connectivity index (χ1v) is 21.3. The van der Waals surface area contributed by atoms with Crippen LogP contribution in [0.1, 0.15) is 0 Å². The molecule has 0 fully saturated rings. The van der Waals surface area contributed by atoms with Gasteiger partial charge >= 0.3 is 0 Å². The molecule has 0 aliphatic carbocycles. The molecular formula is C60H40N2. The molecule has 10 aromatic carbocycles. The normalized spacial score (nSPS) is 11.5. The number of nitrogens with zero attached hydrogens (tertiary/aromatic N) is 2. The van der Waals surface area contributed by atoms with E-state index in [1.54, 1.807) is 0 Å². The molecule has 0 atom stereocenters. The molecule has 12 aromatic rings. The predicted molar refractivity (Wildman–Crippen MR) is 262 cm³/mol. The zero-order valence-corrected chi connectivity index (χ0v) is 34.0. The average molecular weight is 789 g/mol. The Hall–Kier alpha value is -8.20. The standard InChI is InChI=1S/C60H40N2/c1-3-15-41(16-4-1)45-35-47(43-27-31-51(32-28-43)61-57-23-11-7-19-53(57)54-20-8-12-24-58(54)61)39-49(37-45)50-38-46(42-17-5-2-6-18-42)36-48(40-50)44-29-33-52(34-30-44)62-59-25-13-9-21-55(59)56-22-10-14-26-60(56)62/h1-40H. The van der Waals surface area contributed by atoms with E-state index in [1.165, 1.54) is 99.2 Å². The van der Waals surface area contributed by atoms with E-state index >= 15 is 0 Å². The third-order valence-electron chi connectivity index (χ3n) is 12.5. The maximum Gasteiger partial charge on any atom is 0.0541 e. The van der Waals surface area contributed by atoms with Gasteiger partial charge < -0.3 is 9.13 Å². The van der Waals surface area contributed by atoms with Gasteiger partial charge in [-0.15, -0.1) is 0 Å². The summed E-state index contributed by atoms with van der Waals surface area (Å²) in [7, 11) is 0. The lowest BCUT2D eigenvalue weighted by molar-refractivity contribution is 1.18. The molecular weight excluding hydrogens is 749 g/mol. The van der Waals surface area contributed by atoms with E-state index in [0.717, 1.165) is 11.4 Å². The fraction of sp³-hybridized carbons (Fsp3) is 0. The van der Waals surface area contributed by atoms with Crippen molar-refractivity contribution in [2.24, 2.45) is 0 Å². The third kappa shape index (κ3) is 6.12. The van der Waals surface area contributed by atoms with Crippen molar-refractivity contribution in [3.63, 3.8) is 0 Å². The van der Waals surface area contributed by atoms with Crippen molar-refractivity contribution in [2.45, 2.75) is 0 Å². The lowest BCUT2D eigenvalue weighted by atomic mass is 9.90. The Morgan fingerprint density at radius 3 is 0.694 bits per heavy atom. The van der Waals surface area contributed by atoms with Gasteiger partial charge in [-0.1, -0.05) is 158 Å². The van der Waals surface area contributed by atoms with Crippen LogP contribution in [0.5, 0.6) is 0 Å². The van der Waals surface area contributed by atoms with Gasteiger partial charge in [0.2, 0.25) is 0 Å². The molecule has 290 valence electrons. The van der Waals surface area contributed by atoms with E-state index in [0.29, 0.717) is 0 Å². The maximum atomic E-state index is 2.38. The molecule has 0 aliphatic heterocycles. The molecule has 2 nitrogen and oxygen atoms in total. The predicted octanol–water partition coefficient (Wildman–Crippen LogP) is 16.2. The molecule has 0 bridgehead atoms. The Balaban J connectivity index is 0.985. The Bertz CT molecular complexity index is 3240. The van der Waals surface area contributed by atoms with Crippen molar-refractivity contribution in [3.05, 3.63) is 243 Å². The minimum atomic E-state index is 1.15. The summed E-state index contributed by atoms with van der Waals surface area (Å²) in [6.07, 6.45) is 0. The molecule has 0 saturated carbocycles. The summed E-state index contributed by atoms with van der Waals surface area (Å²) >= 11 is 0. The highest BCUT2D eigenvalue weighted by Crippen LogP contribution is 2.39. The van der Waals surface area contributed by atoms with Crippen molar-refractivity contribution in [3.8, 4) is 67.0 Å². The van der Waals surface area contributed by atoms with Gasteiger partial charge in [0, 0.05) is 32.9 Å². The summed E-state index contributed by atoms with van der Waals surface area (Å²) in [5, 5.41) is 5.07. The largest absolute Gasteiger partial charge is 0.309 e. The number of hydrogen-bond donors (Lipinski definition) is 0. The van der Waals surface area contributed by atoms with Gasteiger partial charge in [0.25, 0.3) is 0 Å². The molecule has 0 unspecified atom stereocenters. The van der Waals surface area contributed by atoms with Crippen molar-refractivity contribution >= 4 is 43.6 Å². The number of rotatable bonds is 7. The molecule has 0 amide bonds. The van der Waals surface area contributed by atoms with Gasteiger partial charge in [-0.2, -0.15) is 0 Å². The highest BCUT2D eigenvalue weighted by atomic mass is 15.0. The van der Waals surface area contributed by atoms with Crippen LogP contribution in [0.2, 0.25) is 0 Å². The van der Waals surface area contributed by atoms with Crippen LogP contribution in [0.15, 0.2) is 243 Å². The molecule has 0 spiro atoms. The Morgan fingerprint density at radius 1 is 0.177 bits per heavy atom. The highest BCUT2D eigenvalue weighted by Gasteiger charge is 2.16. The van der Waals surface area contributed by atoms with Crippen LogP contribution in [0.25, 0.3) is 111 Å². The van der Waals surface area contributed by atoms with Gasteiger partial charge in [-0.3, -0.25) is 0 Å². The lowest BCUT2D eigenvalue weighted by Gasteiger charge is -2.15. The molecule has 2 aromatic heterocycles. The van der Waals surface area contributed by atoms with Crippen LogP contribution in [-0.4, -0.2) is 9.13 Å². The second-order valence-corrected chi connectivity index (χ2v) is 16.2. The van der Waals surface area contributed by atoms with Crippen molar-refractivity contribution in [1.82, 2.24) is 9.13 Å². The molecule has 0 radical (unpaired) electrons. The van der Waals surface area contributed by atoms with Gasteiger partial charge in [0.1, 0.15) is 0 Å². The summed E-state index contributed by atoms with van der Waals surface area (Å²) < 4.78 is 4.76. The average Bonchev–Trinajstić information content (AvgIpc) is 3.87. The smallest absolute Gasteiger partial charge is 0.0541 e. The highest BCUT2D eigenvalue weighted by molar-refractivity contribution is 6.10. The summed E-state index contributed by atoms with van der Waals surface area (Å²) in [6.45, 7) is 0. The number of fused-ring (bicyclic) bond motifs is 6. The van der Waals surface area contributed by atoms with Crippen LogP contribution >= 0.6 is 0 Å². The molecule has 0 saturated heterocycles. The van der Waals surface area contributed by atoms with E-state index in [4.69, 9.17) is 0 Å².